The lowest BCUT2D eigenvalue weighted by atomic mass is 10.2. The fraction of sp³-hybridized carbons (Fsp3) is 0.333. The summed E-state index contributed by atoms with van der Waals surface area (Å²) < 4.78 is 31.3. The minimum Gasteiger partial charge on any atom is -0.472 e. The van der Waals surface area contributed by atoms with Gasteiger partial charge in [-0.3, -0.25) is 9.36 Å². The van der Waals surface area contributed by atoms with Crippen molar-refractivity contribution >= 4 is 9.84 Å². The van der Waals surface area contributed by atoms with Crippen molar-refractivity contribution in [3.63, 3.8) is 0 Å². The summed E-state index contributed by atoms with van der Waals surface area (Å²) in [6.45, 7) is 9.90. The number of hydrogen-bond donors (Lipinski definition) is 0. The van der Waals surface area contributed by atoms with Crippen LogP contribution in [0, 0.1) is 6.92 Å². The van der Waals surface area contributed by atoms with Crippen molar-refractivity contribution < 1.29 is 13.2 Å². The van der Waals surface area contributed by atoms with Crippen molar-refractivity contribution in [1.29, 1.82) is 0 Å². The molecule has 168 valence electrons. The van der Waals surface area contributed by atoms with Crippen LogP contribution < -0.4 is 10.3 Å². The van der Waals surface area contributed by atoms with Crippen LogP contribution in [0.5, 0.6) is 5.88 Å². The van der Waals surface area contributed by atoms with Gasteiger partial charge >= 0.3 is 0 Å². The van der Waals surface area contributed by atoms with Gasteiger partial charge in [0.05, 0.1) is 12.1 Å². The molecule has 0 aliphatic carbocycles. The molecule has 0 spiro atoms. The highest BCUT2D eigenvalue weighted by Gasteiger charge is 2.22. The molecule has 0 N–H and O–H groups in total. The Morgan fingerprint density at radius 1 is 0.871 bits per heavy atom. The Kier molecular flexibility index (Phi) is 10.7. The van der Waals surface area contributed by atoms with Crippen molar-refractivity contribution in [2.75, 3.05) is 6.26 Å². The maximum Gasteiger partial charge on any atom is 0.261 e. The zero-order valence-corrected chi connectivity index (χ0v) is 19.9. The topological polar surface area (TPSA) is 78.3 Å². The van der Waals surface area contributed by atoms with Crippen LogP contribution in [0.3, 0.4) is 0 Å². The number of ether oxygens (including phenoxy) is 1. The molecule has 0 radical (unpaired) electrons. The summed E-state index contributed by atoms with van der Waals surface area (Å²) in [5.41, 5.74) is 1.54. The molecule has 0 saturated carbocycles. The highest BCUT2D eigenvalue weighted by molar-refractivity contribution is 7.90. The molecule has 0 amide bonds. The first-order chi connectivity index (χ1) is 14.9. The lowest BCUT2D eigenvalue weighted by Gasteiger charge is -2.15. The zero-order chi connectivity index (χ0) is 23.4. The predicted octanol–water partition coefficient (Wildman–Crippen LogP) is 4.63. The molecule has 31 heavy (non-hydrogen) atoms. The molecule has 0 fully saturated rings. The van der Waals surface area contributed by atoms with Crippen molar-refractivity contribution in [3.8, 4) is 5.88 Å². The van der Waals surface area contributed by atoms with Crippen LogP contribution >= 0.6 is 0 Å². The minimum atomic E-state index is -3.73. The number of sulfone groups is 1. The van der Waals surface area contributed by atoms with Crippen LogP contribution in [0.4, 0.5) is 0 Å². The third-order valence-corrected chi connectivity index (χ3v) is 5.02. The molecular formula is C24H32N2O4S. The van der Waals surface area contributed by atoms with E-state index in [1.165, 1.54) is 4.57 Å². The Hall–Kier alpha value is -2.93. The van der Waals surface area contributed by atoms with Gasteiger partial charge in [0, 0.05) is 6.26 Å². The SMILES string of the molecule is CC.CC.Cc1c(OCc2ccccc2)nc(S(C)(=O)=O)n(Cc2ccccc2)c1=O. The number of benzene rings is 2. The Balaban J connectivity index is 0.00000113. The van der Waals surface area contributed by atoms with Crippen molar-refractivity contribution in [3.05, 3.63) is 87.7 Å². The van der Waals surface area contributed by atoms with Crippen LogP contribution in [0.1, 0.15) is 44.4 Å². The Morgan fingerprint density at radius 3 is 1.84 bits per heavy atom. The average Bonchev–Trinajstić information content (AvgIpc) is 2.80. The second-order valence-corrected chi connectivity index (χ2v) is 8.16. The van der Waals surface area contributed by atoms with E-state index in [0.29, 0.717) is 0 Å². The van der Waals surface area contributed by atoms with Gasteiger partial charge in [-0.15, -0.1) is 0 Å². The van der Waals surface area contributed by atoms with Crippen molar-refractivity contribution in [2.24, 2.45) is 0 Å². The van der Waals surface area contributed by atoms with Crippen LogP contribution in [-0.4, -0.2) is 24.2 Å². The molecular weight excluding hydrogens is 412 g/mol. The lowest BCUT2D eigenvalue weighted by Crippen LogP contribution is -2.30. The van der Waals surface area contributed by atoms with E-state index in [0.717, 1.165) is 17.4 Å². The van der Waals surface area contributed by atoms with E-state index in [1.807, 2.05) is 88.4 Å². The first-order valence-electron chi connectivity index (χ1n) is 10.4. The molecule has 1 aromatic heterocycles. The quantitative estimate of drug-likeness (QED) is 0.518. The van der Waals surface area contributed by atoms with Crippen LogP contribution in [-0.2, 0) is 23.0 Å². The standard InChI is InChI=1S/C20H20N2O4S.2C2H6/c1-15-18(26-14-17-11-7-4-8-12-17)21-20(27(2,24)25)22(19(15)23)13-16-9-5-3-6-10-16;2*1-2/h3-12H,13-14H2,1-2H3;2*1-2H3. The predicted molar refractivity (Wildman–Crippen MR) is 125 cm³/mol. The molecule has 0 atom stereocenters. The summed E-state index contributed by atoms with van der Waals surface area (Å²) in [4.78, 5) is 17.0. The molecule has 6 nitrogen and oxygen atoms in total. The fourth-order valence-corrected chi connectivity index (χ4v) is 3.46. The molecule has 1 heterocycles. The molecule has 2 aromatic carbocycles. The van der Waals surface area contributed by atoms with Gasteiger partial charge in [-0.25, -0.2) is 8.42 Å². The first-order valence-corrected chi connectivity index (χ1v) is 12.3. The highest BCUT2D eigenvalue weighted by Crippen LogP contribution is 2.17. The summed E-state index contributed by atoms with van der Waals surface area (Å²) in [7, 11) is -3.73. The minimum absolute atomic E-state index is 0.0357. The highest BCUT2D eigenvalue weighted by atomic mass is 32.2. The largest absolute Gasteiger partial charge is 0.472 e. The molecule has 0 aliphatic heterocycles. The van der Waals surface area contributed by atoms with E-state index in [2.05, 4.69) is 4.98 Å². The molecule has 0 saturated heterocycles. The van der Waals surface area contributed by atoms with E-state index >= 15 is 0 Å². The summed E-state index contributed by atoms with van der Waals surface area (Å²) in [5.74, 6) is 0.0357. The third kappa shape index (κ3) is 7.36. The van der Waals surface area contributed by atoms with Gasteiger partial charge in [0.15, 0.2) is 0 Å². The van der Waals surface area contributed by atoms with Crippen molar-refractivity contribution in [1.82, 2.24) is 9.55 Å². The second kappa shape index (κ2) is 12.7. The zero-order valence-electron chi connectivity index (χ0n) is 19.1. The maximum absolute atomic E-state index is 12.9. The van der Waals surface area contributed by atoms with Gasteiger partial charge in [0.25, 0.3) is 5.56 Å². The molecule has 0 unspecified atom stereocenters. The number of nitrogens with zero attached hydrogens (tertiary/aromatic N) is 2. The fourth-order valence-electron chi connectivity index (χ4n) is 2.67. The van der Waals surface area contributed by atoms with E-state index in [9.17, 15) is 13.2 Å². The monoisotopic (exact) mass is 444 g/mol. The Bertz CT molecular complexity index is 1090. The Labute approximate surface area is 185 Å². The van der Waals surface area contributed by atoms with E-state index < -0.39 is 15.4 Å². The van der Waals surface area contributed by atoms with Gasteiger partial charge < -0.3 is 4.74 Å². The lowest BCUT2D eigenvalue weighted by molar-refractivity contribution is 0.284. The summed E-state index contributed by atoms with van der Waals surface area (Å²) >= 11 is 0. The van der Waals surface area contributed by atoms with Crippen LogP contribution in [0.2, 0.25) is 0 Å². The molecule has 3 aromatic rings. The number of rotatable bonds is 6. The number of aromatic nitrogens is 2. The summed E-state index contributed by atoms with van der Waals surface area (Å²) in [5, 5.41) is -0.301. The van der Waals surface area contributed by atoms with E-state index in [4.69, 9.17) is 4.74 Å². The first kappa shape index (κ1) is 26.1. The van der Waals surface area contributed by atoms with Crippen LogP contribution in [0.25, 0.3) is 0 Å². The number of hydrogen-bond acceptors (Lipinski definition) is 5. The second-order valence-electron chi connectivity index (χ2n) is 6.25. The molecule has 3 rings (SSSR count). The smallest absolute Gasteiger partial charge is 0.261 e. The van der Waals surface area contributed by atoms with Gasteiger partial charge in [0.1, 0.15) is 6.61 Å². The molecule has 7 heteroatoms. The maximum atomic E-state index is 12.9. The van der Waals surface area contributed by atoms with Crippen LogP contribution in [0.15, 0.2) is 70.6 Å². The van der Waals surface area contributed by atoms with Crippen molar-refractivity contribution in [2.45, 2.75) is 52.9 Å². The summed E-state index contributed by atoms with van der Waals surface area (Å²) in [6.07, 6.45) is 1.03. The molecule has 0 bridgehead atoms. The molecule has 0 aliphatic rings. The van der Waals surface area contributed by atoms with E-state index in [1.54, 1.807) is 6.92 Å². The van der Waals surface area contributed by atoms with Gasteiger partial charge in [-0.1, -0.05) is 88.4 Å². The summed E-state index contributed by atoms with van der Waals surface area (Å²) in [6, 6.07) is 18.6. The van der Waals surface area contributed by atoms with Gasteiger partial charge in [-0.2, -0.15) is 4.98 Å². The Morgan fingerprint density at radius 2 is 1.35 bits per heavy atom. The van der Waals surface area contributed by atoms with E-state index in [-0.39, 0.29) is 29.8 Å². The average molecular weight is 445 g/mol. The normalized spacial score (nSPS) is 10.3. The third-order valence-electron chi connectivity index (χ3n) is 4.05. The van der Waals surface area contributed by atoms with Gasteiger partial charge in [-0.05, 0) is 18.1 Å². The van der Waals surface area contributed by atoms with Gasteiger partial charge in [0.2, 0.25) is 20.9 Å².